The number of hydrogen-bond acceptors (Lipinski definition) is 7. The molecule has 0 spiro atoms. The highest BCUT2D eigenvalue weighted by molar-refractivity contribution is 7.13. The van der Waals surface area contributed by atoms with E-state index in [1.165, 1.54) is 43.9 Å². The van der Waals surface area contributed by atoms with Crippen molar-refractivity contribution in [2.75, 3.05) is 60.0 Å². The van der Waals surface area contributed by atoms with Crippen molar-refractivity contribution in [3.05, 3.63) is 15.6 Å². The summed E-state index contributed by atoms with van der Waals surface area (Å²) in [7, 11) is 3.95. The SMILES string of the molecule is CCOC(=O)c1sc(C(C)NC(=NC)NCCCCN2CCN(C)CC2)nc1C. The Kier molecular flexibility index (Phi) is 9.83. The minimum Gasteiger partial charge on any atom is -0.462 e. The Balaban J connectivity index is 1.72. The topological polar surface area (TPSA) is 82.1 Å². The van der Waals surface area contributed by atoms with Gasteiger partial charge in [-0.05, 0) is 47.2 Å². The quantitative estimate of drug-likeness (QED) is 0.271. The van der Waals surface area contributed by atoms with Crippen molar-refractivity contribution in [3.63, 3.8) is 0 Å². The molecule has 1 aromatic rings. The van der Waals surface area contributed by atoms with Crippen LogP contribution < -0.4 is 10.6 Å². The van der Waals surface area contributed by atoms with Crippen molar-refractivity contribution in [3.8, 4) is 0 Å². The van der Waals surface area contributed by atoms with E-state index in [4.69, 9.17) is 4.74 Å². The number of nitrogens with zero attached hydrogens (tertiary/aromatic N) is 4. The first kappa shape index (κ1) is 23.6. The second-order valence-electron chi connectivity index (χ2n) is 7.40. The molecule has 0 aliphatic carbocycles. The molecule has 0 saturated carbocycles. The lowest BCUT2D eigenvalue weighted by Gasteiger charge is -2.32. The zero-order valence-corrected chi connectivity index (χ0v) is 19.3. The molecule has 0 bridgehead atoms. The number of unbranched alkanes of at least 4 members (excludes halogenated alkanes) is 1. The molecule has 2 N–H and O–H groups in total. The van der Waals surface area contributed by atoms with Gasteiger partial charge in [0.25, 0.3) is 0 Å². The Morgan fingerprint density at radius 2 is 2.03 bits per heavy atom. The number of piperazine rings is 1. The summed E-state index contributed by atoms with van der Waals surface area (Å²) in [5, 5.41) is 7.59. The standard InChI is InChI=1S/C20H36N6O2S/c1-6-28-19(27)17-15(2)23-18(29-17)16(3)24-20(21-4)22-9-7-8-10-26-13-11-25(5)12-14-26/h16H,6-14H2,1-5H3,(H2,21,22,24). The lowest BCUT2D eigenvalue weighted by atomic mass is 10.2. The Morgan fingerprint density at radius 1 is 1.31 bits per heavy atom. The first-order valence-corrected chi connectivity index (χ1v) is 11.3. The van der Waals surface area contributed by atoms with Gasteiger partial charge in [-0.15, -0.1) is 11.3 Å². The van der Waals surface area contributed by atoms with E-state index >= 15 is 0 Å². The summed E-state index contributed by atoms with van der Waals surface area (Å²) in [6, 6.07) is -0.0431. The van der Waals surface area contributed by atoms with E-state index < -0.39 is 0 Å². The Labute approximate surface area is 178 Å². The second-order valence-corrected chi connectivity index (χ2v) is 8.43. The number of esters is 1. The molecular weight excluding hydrogens is 388 g/mol. The predicted octanol–water partition coefficient (Wildman–Crippen LogP) is 1.88. The number of rotatable bonds is 9. The zero-order chi connectivity index (χ0) is 21.2. The molecule has 1 fully saturated rings. The summed E-state index contributed by atoms with van der Waals surface area (Å²) in [5.74, 6) is 0.450. The molecule has 1 aliphatic heterocycles. The lowest BCUT2D eigenvalue weighted by molar-refractivity contribution is 0.0531. The molecule has 0 aromatic carbocycles. The lowest BCUT2D eigenvalue weighted by Crippen LogP contribution is -2.44. The third-order valence-corrected chi connectivity index (χ3v) is 6.33. The van der Waals surface area contributed by atoms with Crippen LogP contribution in [0.2, 0.25) is 0 Å². The largest absolute Gasteiger partial charge is 0.462 e. The van der Waals surface area contributed by atoms with Crippen molar-refractivity contribution in [2.24, 2.45) is 4.99 Å². The smallest absolute Gasteiger partial charge is 0.350 e. The van der Waals surface area contributed by atoms with Gasteiger partial charge in [0.05, 0.1) is 18.3 Å². The van der Waals surface area contributed by atoms with E-state index in [-0.39, 0.29) is 12.0 Å². The summed E-state index contributed by atoms with van der Waals surface area (Å²) in [5.41, 5.74) is 0.712. The third kappa shape index (κ3) is 7.56. The van der Waals surface area contributed by atoms with Crippen LogP contribution in [0.1, 0.15) is 53.1 Å². The van der Waals surface area contributed by atoms with E-state index in [0.29, 0.717) is 17.2 Å². The first-order chi connectivity index (χ1) is 13.9. The number of hydrogen-bond donors (Lipinski definition) is 2. The van der Waals surface area contributed by atoms with Gasteiger partial charge in [0, 0.05) is 39.8 Å². The number of ether oxygens (including phenoxy) is 1. The number of aryl methyl sites for hydroxylation is 1. The first-order valence-electron chi connectivity index (χ1n) is 10.5. The van der Waals surface area contributed by atoms with E-state index in [9.17, 15) is 4.79 Å². The Morgan fingerprint density at radius 3 is 2.69 bits per heavy atom. The van der Waals surface area contributed by atoms with Crippen LogP contribution in [-0.4, -0.2) is 86.7 Å². The fraction of sp³-hybridized carbons (Fsp3) is 0.750. The van der Waals surface area contributed by atoms with Crippen LogP contribution >= 0.6 is 11.3 Å². The van der Waals surface area contributed by atoms with Gasteiger partial charge in [0.15, 0.2) is 5.96 Å². The maximum atomic E-state index is 12.0. The molecule has 9 heteroatoms. The van der Waals surface area contributed by atoms with Crippen molar-refractivity contribution in [1.29, 1.82) is 0 Å². The second kappa shape index (κ2) is 12.1. The number of carbonyl (C=O) groups excluding carboxylic acids is 1. The van der Waals surface area contributed by atoms with E-state index in [2.05, 4.69) is 37.5 Å². The van der Waals surface area contributed by atoms with Gasteiger partial charge < -0.3 is 25.2 Å². The summed E-state index contributed by atoms with van der Waals surface area (Å²) >= 11 is 1.38. The number of carbonyl (C=O) groups is 1. The predicted molar refractivity (Wildman–Crippen MR) is 119 cm³/mol. The van der Waals surface area contributed by atoms with Crippen LogP contribution in [0.4, 0.5) is 0 Å². The molecule has 0 radical (unpaired) electrons. The minimum atomic E-state index is -0.302. The maximum Gasteiger partial charge on any atom is 0.350 e. The van der Waals surface area contributed by atoms with Crippen LogP contribution in [0, 0.1) is 6.92 Å². The average molecular weight is 425 g/mol. The maximum absolute atomic E-state index is 12.0. The van der Waals surface area contributed by atoms with Crippen LogP contribution in [0.15, 0.2) is 4.99 Å². The van der Waals surface area contributed by atoms with Gasteiger partial charge in [0.1, 0.15) is 9.88 Å². The molecule has 2 heterocycles. The molecule has 1 atom stereocenters. The van der Waals surface area contributed by atoms with Gasteiger partial charge in [-0.2, -0.15) is 0 Å². The molecule has 1 saturated heterocycles. The van der Waals surface area contributed by atoms with E-state index in [1.54, 1.807) is 14.0 Å². The van der Waals surface area contributed by atoms with Gasteiger partial charge in [-0.1, -0.05) is 0 Å². The molecule has 0 amide bonds. The Hall–Kier alpha value is -1.71. The van der Waals surface area contributed by atoms with Gasteiger partial charge >= 0.3 is 5.97 Å². The van der Waals surface area contributed by atoms with Crippen LogP contribution in [0.3, 0.4) is 0 Å². The van der Waals surface area contributed by atoms with E-state index in [0.717, 1.165) is 30.5 Å². The average Bonchev–Trinajstić information content (AvgIpc) is 3.10. The van der Waals surface area contributed by atoms with Gasteiger partial charge in [-0.3, -0.25) is 4.99 Å². The number of aliphatic imine (C=N–C) groups is 1. The molecular formula is C20H36N6O2S. The number of aromatic nitrogens is 1. The van der Waals surface area contributed by atoms with Crippen LogP contribution in [0.25, 0.3) is 0 Å². The van der Waals surface area contributed by atoms with Gasteiger partial charge in [0.2, 0.25) is 0 Å². The number of likely N-dealkylation sites (N-methyl/N-ethyl adjacent to an activating group) is 1. The van der Waals surface area contributed by atoms with Crippen LogP contribution in [0.5, 0.6) is 0 Å². The zero-order valence-electron chi connectivity index (χ0n) is 18.5. The molecule has 1 aliphatic rings. The number of guanidine groups is 1. The molecule has 2 rings (SSSR count). The van der Waals surface area contributed by atoms with Crippen molar-refractivity contribution < 1.29 is 9.53 Å². The summed E-state index contributed by atoms with van der Waals surface area (Å²) in [6.45, 7) is 12.8. The van der Waals surface area contributed by atoms with Crippen molar-refractivity contribution in [2.45, 2.75) is 39.7 Å². The number of nitrogens with one attached hydrogen (secondary N) is 2. The minimum absolute atomic E-state index is 0.0431. The summed E-state index contributed by atoms with van der Waals surface area (Å²) in [4.78, 5) is 26.3. The molecule has 1 unspecified atom stereocenters. The Bertz CT molecular complexity index is 670. The molecule has 164 valence electrons. The third-order valence-electron chi connectivity index (χ3n) is 5.01. The highest BCUT2D eigenvalue weighted by Gasteiger charge is 2.20. The van der Waals surface area contributed by atoms with Gasteiger partial charge in [-0.25, -0.2) is 9.78 Å². The fourth-order valence-electron chi connectivity index (χ4n) is 3.19. The summed E-state index contributed by atoms with van der Waals surface area (Å²) in [6.07, 6.45) is 2.28. The highest BCUT2D eigenvalue weighted by atomic mass is 32.1. The van der Waals surface area contributed by atoms with Crippen LogP contribution in [-0.2, 0) is 4.74 Å². The van der Waals surface area contributed by atoms with Crippen molar-refractivity contribution in [1.82, 2.24) is 25.4 Å². The fourth-order valence-corrected chi connectivity index (χ4v) is 4.15. The molecule has 8 nitrogen and oxygen atoms in total. The van der Waals surface area contributed by atoms with Crippen molar-refractivity contribution >= 4 is 23.3 Å². The normalized spacial score (nSPS) is 17.2. The van der Waals surface area contributed by atoms with E-state index in [1.807, 2.05) is 13.8 Å². The highest BCUT2D eigenvalue weighted by Crippen LogP contribution is 2.24. The number of thiazole rings is 1. The molecule has 29 heavy (non-hydrogen) atoms. The summed E-state index contributed by atoms with van der Waals surface area (Å²) < 4.78 is 5.10. The molecule has 1 aromatic heterocycles. The monoisotopic (exact) mass is 424 g/mol.